The quantitative estimate of drug-likeness (QED) is 0.743. The molecule has 27 heavy (non-hydrogen) atoms. The summed E-state index contributed by atoms with van der Waals surface area (Å²) in [6.45, 7) is 5.95. The molecule has 0 aromatic rings. The summed E-state index contributed by atoms with van der Waals surface area (Å²) < 4.78 is 16.7. The van der Waals surface area contributed by atoms with E-state index >= 15 is 0 Å². The molecule has 4 aliphatic rings. The number of hydrogen-bond donors (Lipinski definition) is 1. The number of fused-ring (bicyclic) bond motifs is 2. The van der Waals surface area contributed by atoms with E-state index in [-0.39, 0.29) is 29.7 Å². The molecule has 0 aromatic carbocycles. The number of carbonyl (C=O) groups excluding carboxylic acids is 2. The minimum Gasteiger partial charge on any atom is -0.493 e. The molecule has 1 heterocycles. The molecule has 6 nitrogen and oxygen atoms in total. The third-order valence-electron chi connectivity index (χ3n) is 7.92. The van der Waals surface area contributed by atoms with Gasteiger partial charge in [-0.1, -0.05) is 20.8 Å². The number of Topliss-reactive ketones (excluding diaryl/α,β-unsaturated/α-hetero) is 1. The second-order valence-electron chi connectivity index (χ2n) is 8.82. The summed E-state index contributed by atoms with van der Waals surface area (Å²) in [5, 5.41) is 11.4. The number of hydrogen-bond acceptors (Lipinski definition) is 6. The predicted octanol–water partition coefficient (Wildman–Crippen LogP) is 2.02. The number of allylic oxidation sites excluding steroid dienone is 2. The van der Waals surface area contributed by atoms with Gasteiger partial charge < -0.3 is 19.3 Å². The maximum Gasteiger partial charge on any atom is 0.331 e. The fraction of sp³-hybridized carbons (Fsp3) is 0.714. The van der Waals surface area contributed by atoms with Gasteiger partial charge in [0.05, 0.1) is 19.3 Å². The highest BCUT2D eigenvalue weighted by molar-refractivity contribution is 6.00. The Morgan fingerprint density at radius 1 is 1.22 bits per heavy atom. The first kappa shape index (κ1) is 18.7. The molecule has 4 rings (SSSR count). The standard InChI is InChI=1S/C21H28O6/c1-10-12-9-15(22)27-14-8-11-6-7-13(25-4)19(24)20(11,2)18(21(12,14)3)16(23)17(10)26-5/h7,9-11,14,16-18,23H,6,8H2,1-5H3. The molecule has 6 heteroatoms. The molecule has 0 saturated heterocycles. The van der Waals surface area contributed by atoms with Crippen molar-refractivity contribution in [1.82, 2.24) is 0 Å². The summed E-state index contributed by atoms with van der Waals surface area (Å²) in [7, 11) is 3.07. The second kappa shape index (κ2) is 5.92. The topological polar surface area (TPSA) is 82.1 Å². The summed E-state index contributed by atoms with van der Waals surface area (Å²) in [6.07, 6.45) is 2.95. The van der Waals surface area contributed by atoms with Crippen LogP contribution in [0, 0.1) is 28.6 Å². The molecule has 8 unspecified atom stereocenters. The summed E-state index contributed by atoms with van der Waals surface area (Å²) in [4.78, 5) is 25.7. The lowest BCUT2D eigenvalue weighted by molar-refractivity contribution is -0.224. The van der Waals surface area contributed by atoms with Crippen LogP contribution in [0.4, 0.5) is 0 Å². The SMILES string of the molecule is COC1=CCC2CC3OC(=O)C=C4C(C)C(OC)C(O)C(C2(C)C1=O)C43C. The molecule has 8 atom stereocenters. The van der Waals surface area contributed by atoms with E-state index in [4.69, 9.17) is 14.2 Å². The molecule has 2 saturated carbocycles. The van der Waals surface area contributed by atoms with E-state index in [0.29, 0.717) is 18.6 Å². The number of methoxy groups -OCH3 is 2. The number of aliphatic hydroxyl groups excluding tert-OH is 1. The number of ether oxygens (including phenoxy) is 3. The molecule has 0 aromatic heterocycles. The molecule has 148 valence electrons. The van der Waals surface area contributed by atoms with E-state index in [1.807, 2.05) is 26.8 Å². The number of ketones is 1. The van der Waals surface area contributed by atoms with Gasteiger partial charge in [-0.15, -0.1) is 0 Å². The third-order valence-corrected chi connectivity index (χ3v) is 7.92. The summed E-state index contributed by atoms with van der Waals surface area (Å²) in [6, 6.07) is 0. The van der Waals surface area contributed by atoms with Gasteiger partial charge in [-0.3, -0.25) is 4.79 Å². The van der Waals surface area contributed by atoms with Crippen molar-refractivity contribution in [3.63, 3.8) is 0 Å². The first-order valence-electron chi connectivity index (χ1n) is 9.63. The lowest BCUT2D eigenvalue weighted by atomic mass is 9.41. The molecule has 0 amide bonds. The van der Waals surface area contributed by atoms with Crippen molar-refractivity contribution in [3.8, 4) is 0 Å². The van der Waals surface area contributed by atoms with Crippen LogP contribution in [0.1, 0.15) is 33.6 Å². The van der Waals surface area contributed by atoms with Crippen molar-refractivity contribution in [2.45, 2.75) is 51.9 Å². The van der Waals surface area contributed by atoms with E-state index < -0.39 is 29.0 Å². The Morgan fingerprint density at radius 3 is 2.56 bits per heavy atom. The van der Waals surface area contributed by atoms with Gasteiger partial charge in [0.25, 0.3) is 0 Å². The molecule has 2 fully saturated rings. The lowest BCUT2D eigenvalue weighted by Gasteiger charge is -2.65. The minimum absolute atomic E-state index is 0.0281. The fourth-order valence-corrected chi connectivity index (χ4v) is 6.61. The molecular weight excluding hydrogens is 348 g/mol. The van der Waals surface area contributed by atoms with E-state index in [1.165, 1.54) is 7.11 Å². The van der Waals surface area contributed by atoms with Gasteiger partial charge in [-0.05, 0) is 30.4 Å². The van der Waals surface area contributed by atoms with Crippen LogP contribution < -0.4 is 0 Å². The number of rotatable bonds is 2. The fourth-order valence-electron chi connectivity index (χ4n) is 6.61. The predicted molar refractivity (Wildman–Crippen MR) is 96.5 cm³/mol. The Kier molecular flexibility index (Phi) is 4.10. The van der Waals surface area contributed by atoms with E-state index in [1.54, 1.807) is 13.2 Å². The highest BCUT2D eigenvalue weighted by atomic mass is 16.5. The van der Waals surface area contributed by atoms with E-state index in [9.17, 15) is 14.7 Å². The van der Waals surface area contributed by atoms with Crippen LogP contribution in [-0.2, 0) is 23.8 Å². The van der Waals surface area contributed by atoms with Gasteiger partial charge in [0.2, 0.25) is 5.78 Å². The highest BCUT2D eigenvalue weighted by Crippen LogP contribution is 2.66. The minimum atomic E-state index is -0.848. The van der Waals surface area contributed by atoms with Crippen LogP contribution in [0.25, 0.3) is 0 Å². The number of aliphatic hydroxyl groups is 1. The first-order chi connectivity index (χ1) is 12.7. The van der Waals surface area contributed by atoms with E-state index in [0.717, 1.165) is 5.57 Å². The Morgan fingerprint density at radius 2 is 1.93 bits per heavy atom. The van der Waals surface area contributed by atoms with Crippen molar-refractivity contribution < 1.29 is 28.9 Å². The van der Waals surface area contributed by atoms with Crippen LogP contribution in [0.2, 0.25) is 0 Å². The average molecular weight is 376 g/mol. The third kappa shape index (κ3) is 2.14. The molecule has 1 aliphatic heterocycles. The van der Waals surface area contributed by atoms with Crippen LogP contribution in [0.5, 0.6) is 0 Å². The molecule has 0 bridgehead atoms. The molecule has 0 spiro atoms. The van der Waals surface area contributed by atoms with Crippen molar-refractivity contribution >= 4 is 11.8 Å². The number of carbonyl (C=O) groups is 2. The Bertz CT molecular complexity index is 754. The molecular formula is C21H28O6. The molecule has 0 radical (unpaired) electrons. The zero-order valence-electron chi connectivity index (χ0n) is 16.5. The van der Waals surface area contributed by atoms with Gasteiger partial charge in [0.1, 0.15) is 6.10 Å². The smallest absolute Gasteiger partial charge is 0.331 e. The summed E-state index contributed by atoms with van der Waals surface area (Å²) in [5.74, 6) is -0.666. The van der Waals surface area contributed by atoms with Gasteiger partial charge in [0, 0.05) is 35.9 Å². The van der Waals surface area contributed by atoms with Crippen LogP contribution in [0.15, 0.2) is 23.5 Å². The zero-order valence-corrected chi connectivity index (χ0v) is 16.5. The Labute approximate surface area is 159 Å². The van der Waals surface area contributed by atoms with Crippen LogP contribution >= 0.6 is 0 Å². The summed E-state index contributed by atoms with van der Waals surface area (Å²) in [5.41, 5.74) is -0.504. The highest BCUT2D eigenvalue weighted by Gasteiger charge is 2.70. The van der Waals surface area contributed by atoms with Crippen molar-refractivity contribution in [2.75, 3.05) is 14.2 Å². The maximum atomic E-state index is 13.4. The summed E-state index contributed by atoms with van der Waals surface area (Å²) >= 11 is 0. The van der Waals surface area contributed by atoms with Crippen molar-refractivity contribution in [1.29, 1.82) is 0 Å². The van der Waals surface area contributed by atoms with Crippen LogP contribution in [0.3, 0.4) is 0 Å². The largest absolute Gasteiger partial charge is 0.493 e. The van der Waals surface area contributed by atoms with Gasteiger partial charge in [-0.2, -0.15) is 0 Å². The first-order valence-corrected chi connectivity index (χ1v) is 9.63. The van der Waals surface area contributed by atoms with Gasteiger partial charge >= 0.3 is 5.97 Å². The Hall–Kier alpha value is -1.66. The molecule has 1 N–H and O–H groups in total. The van der Waals surface area contributed by atoms with Gasteiger partial charge in [0.15, 0.2) is 5.76 Å². The maximum absolute atomic E-state index is 13.4. The van der Waals surface area contributed by atoms with Gasteiger partial charge in [-0.25, -0.2) is 4.79 Å². The van der Waals surface area contributed by atoms with Crippen molar-refractivity contribution in [2.24, 2.45) is 28.6 Å². The van der Waals surface area contributed by atoms with Crippen LogP contribution in [-0.4, -0.2) is 49.4 Å². The average Bonchev–Trinajstić information content (AvgIpc) is 2.61. The monoisotopic (exact) mass is 376 g/mol. The zero-order chi connectivity index (χ0) is 19.7. The normalized spacial score (nSPS) is 48.7. The lowest BCUT2D eigenvalue weighted by Crippen LogP contribution is -2.70. The van der Waals surface area contributed by atoms with Crippen molar-refractivity contribution in [3.05, 3.63) is 23.5 Å². The second-order valence-corrected chi connectivity index (χ2v) is 8.82. The number of esters is 1. The molecule has 3 aliphatic carbocycles. The Balaban J connectivity index is 1.94. The van der Waals surface area contributed by atoms with E-state index in [2.05, 4.69) is 0 Å².